The van der Waals surface area contributed by atoms with Crippen molar-refractivity contribution in [2.24, 2.45) is 5.92 Å². The van der Waals surface area contributed by atoms with Gasteiger partial charge in [0.2, 0.25) is 0 Å². The quantitative estimate of drug-likeness (QED) is 0.804. The molecule has 8 heteroatoms. The first-order valence-corrected chi connectivity index (χ1v) is 7.82. The molecule has 1 heterocycles. The number of hydrogen-bond donors (Lipinski definition) is 2. The Labute approximate surface area is 138 Å². The normalized spacial score (nSPS) is 20.0. The molecule has 2 N–H and O–H groups in total. The van der Waals surface area contributed by atoms with E-state index in [1.54, 1.807) is 19.1 Å². The number of amides is 2. The van der Waals surface area contributed by atoms with Gasteiger partial charge < -0.3 is 10.6 Å². The third-order valence-electron chi connectivity index (χ3n) is 4.02. The van der Waals surface area contributed by atoms with Gasteiger partial charge in [-0.1, -0.05) is 12.1 Å². The van der Waals surface area contributed by atoms with Crippen molar-refractivity contribution in [3.63, 3.8) is 0 Å². The van der Waals surface area contributed by atoms with E-state index < -0.39 is 18.8 Å². The lowest BCUT2D eigenvalue weighted by atomic mass is 10.1. The first-order chi connectivity index (χ1) is 11.2. The maximum Gasteiger partial charge on any atom is 0.401 e. The molecule has 1 aliphatic heterocycles. The minimum absolute atomic E-state index is 0.00239. The zero-order valence-electron chi connectivity index (χ0n) is 13.4. The molecule has 0 aromatic heterocycles. The molecule has 134 valence electrons. The van der Waals surface area contributed by atoms with Crippen LogP contribution in [0, 0.1) is 11.7 Å². The van der Waals surface area contributed by atoms with Crippen molar-refractivity contribution in [3.05, 3.63) is 35.6 Å². The average molecular weight is 347 g/mol. The number of carbonyl (C=O) groups is 1. The molecule has 1 aromatic carbocycles. The molecule has 1 fully saturated rings. The zero-order valence-corrected chi connectivity index (χ0v) is 13.4. The van der Waals surface area contributed by atoms with E-state index in [2.05, 4.69) is 10.6 Å². The van der Waals surface area contributed by atoms with Crippen molar-refractivity contribution in [1.82, 2.24) is 15.5 Å². The number of nitrogens with zero attached hydrogens (tertiary/aromatic N) is 1. The van der Waals surface area contributed by atoms with Crippen LogP contribution in [0.25, 0.3) is 0 Å². The lowest BCUT2D eigenvalue weighted by Gasteiger charge is -2.19. The van der Waals surface area contributed by atoms with Crippen LogP contribution >= 0.6 is 0 Å². The minimum Gasteiger partial charge on any atom is -0.338 e. The van der Waals surface area contributed by atoms with Gasteiger partial charge in [0, 0.05) is 13.1 Å². The monoisotopic (exact) mass is 347 g/mol. The summed E-state index contributed by atoms with van der Waals surface area (Å²) in [6.45, 7) is 1.84. The number of rotatable bonds is 5. The molecule has 2 rings (SSSR count). The molecular weight excluding hydrogens is 326 g/mol. The second-order valence-corrected chi connectivity index (χ2v) is 6.14. The summed E-state index contributed by atoms with van der Waals surface area (Å²) in [5.41, 5.74) is 0.641. The van der Waals surface area contributed by atoms with Gasteiger partial charge in [-0.05, 0) is 43.5 Å². The van der Waals surface area contributed by atoms with Crippen LogP contribution in [-0.2, 0) is 0 Å². The van der Waals surface area contributed by atoms with Crippen LogP contribution in [0.15, 0.2) is 24.3 Å². The first-order valence-electron chi connectivity index (χ1n) is 7.82. The minimum atomic E-state index is -4.19. The number of halogens is 4. The number of hydrogen-bond acceptors (Lipinski definition) is 2. The van der Waals surface area contributed by atoms with Gasteiger partial charge in [-0.3, -0.25) is 4.90 Å². The van der Waals surface area contributed by atoms with E-state index in [4.69, 9.17) is 0 Å². The Hall–Kier alpha value is -1.83. The Morgan fingerprint density at radius 1 is 1.42 bits per heavy atom. The molecule has 0 spiro atoms. The number of benzene rings is 1. The van der Waals surface area contributed by atoms with Crippen LogP contribution in [0.4, 0.5) is 22.4 Å². The number of urea groups is 1. The summed E-state index contributed by atoms with van der Waals surface area (Å²) in [5.74, 6) is -0.375. The number of carbonyl (C=O) groups excluding carboxylic acids is 1. The van der Waals surface area contributed by atoms with E-state index in [-0.39, 0.29) is 17.8 Å². The maximum absolute atomic E-state index is 13.2. The van der Waals surface area contributed by atoms with Crippen molar-refractivity contribution in [1.29, 1.82) is 0 Å². The van der Waals surface area contributed by atoms with Crippen LogP contribution in [-0.4, -0.2) is 43.3 Å². The van der Waals surface area contributed by atoms with Gasteiger partial charge in [-0.2, -0.15) is 13.2 Å². The van der Waals surface area contributed by atoms with E-state index >= 15 is 0 Å². The summed E-state index contributed by atoms with van der Waals surface area (Å²) in [4.78, 5) is 13.2. The topological polar surface area (TPSA) is 44.4 Å². The Bertz CT molecular complexity index is 564. The predicted octanol–water partition coefficient (Wildman–Crippen LogP) is 3.07. The Kier molecular flexibility index (Phi) is 6.04. The highest BCUT2D eigenvalue weighted by Crippen LogP contribution is 2.22. The largest absolute Gasteiger partial charge is 0.401 e. The predicted molar refractivity (Wildman–Crippen MR) is 82.0 cm³/mol. The van der Waals surface area contributed by atoms with Crippen molar-refractivity contribution in [2.45, 2.75) is 25.6 Å². The average Bonchev–Trinajstić information content (AvgIpc) is 2.90. The van der Waals surface area contributed by atoms with E-state index in [1.807, 2.05) is 0 Å². The molecule has 0 unspecified atom stereocenters. The smallest absolute Gasteiger partial charge is 0.338 e. The highest BCUT2D eigenvalue weighted by molar-refractivity contribution is 5.74. The number of nitrogens with one attached hydrogen (secondary N) is 2. The molecule has 0 bridgehead atoms. The molecule has 1 saturated heterocycles. The van der Waals surface area contributed by atoms with Crippen LogP contribution in [0.1, 0.15) is 24.9 Å². The van der Waals surface area contributed by atoms with Crippen LogP contribution in [0.5, 0.6) is 0 Å². The van der Waals surface area contributed by atoms with Crippen molar-refractivity contribution in [2.75, 3.05) is 26.2 Å². The van der Waals surface area contributed by atoms with Crippen molar-refractivity contribution < 1.29 is 22.4 Å². The molecule has 1 aliphatic rings. The van der Waals surface area contributed by atoms with Crippen LogP contribution in [0.2, 0.25) is 0 Å². The summed E-state index contributed by atoms with van der Waals surface area (Å²) in [5, 5.41) is 5.36. The van der Waals surface area contributed by atoms with Crippen LogP contribution < -0.4 is 10.6 Å². The lowest BCUT2D eigenvalue weighted by molar-refractivity contribution is -0.143. The molecule has 1 aromatic rings. The molecule has 0 radical (unpaired) electrons. The maximum atomic E-state index is 13.2. The third kappa shape index (κ3) is 5.99. The lowest BCUT2D eigenvalue weighted by Crippen LogP contribution is -2.40. The van der Waals surface area contributed by atoms with Gasteiger partial charge in [-0.15, -0.1) is 0 Å². The van der Waals surface area contributed by atoms with E-state index in [0.29, 0.717) is 31.6 Å². The zero-order chi connectivity index (χ0) is 17.7. The number of alkyl halides is 3. The summed E-state index contributed by atoms with van der Waals surface area (Å²) in [6, 6.07) is 5.15. The Morgan fingerprint density at radius 2 is 2.17 bits per heavy atom. The fraction of sp³-hybridized carbons (Fsp3) is 0.562. The molecule has 24 heavy (non-hydrogen) atoms. The Balaban J connectivity index is 1.72. The van der Waals surface area contributed by atoms with Gasteiger partial charge in [0.25, 0.3) is 0 Å². The summed E-state index contributed by atoms with van der Waals surface area (Å²) < 4.78 is 50.2. The van der Waals surface area contributed by atoms with E-state index in [0.717, 1.165) is 0 Å². The SMILES string of the molecule is C[C@H](NC(=O)NC[C@H]1CCN(CC(F)(F)F)C1)c1cccc(F)c1. The van der Waals surface area contributed by atoms with Gasteiger partial charge in [-0.25, -0.2) is 9.18 Å². The Morgan fingerprint density at radius 3 is 2.83 bits per heavy atom. The molecule has 2 atom stereocenters. The fourth-order valence-electron chi connectivity index (χ4n) is 2.82. The van der Waals surface area contributed by atoms with Gasteiger partial charge in [0.15, 0.2) is 0 Å². The standard InChI is InChI=1S/C16H21F4N3O/c1-11(13-3-2-4-14(17)7-13)22-15(24)21-8-12-5-6-23(9-12)10-16(18,19)20/h2-4,7,11-12H,5-6,8-10H2,1H3,(H2,21,22,24)/t11-,12+/m0/s1. The molecule has 0 aliphatic carbocycles. The van der Waals surface area contributed by atoms with E-state index in [9.17, 15) is 22.4 Å². The first kappa shape index (κ1) is 18.5. The highest BCUT2D eigenvalue weighted by Gasteiger charge is 2.34. The van der Waals surface area contributed by atoms with Gasteiger partial charge in [0.05, 0.1) is 12.6 Å². The highest BCUT2D eigenvalue weighted by atomic mass is 19.4. The summed E-state index contributed by atoms with van der Waals surface area (Å²) in [7, 11) is 0. The van der Waals surface area contributed by atoms with Crippen LogP contribution in [0.3, 0.4) is 0 Å². The second-order valence-electron chi connectivity index (χ2n) is 6.14. The molecular formula is C16H21F4N3O. The fourth-order valence-corrected chi connectivity index (χ4v) is 2.82. The molecule has 2 amide bonds. The molecule has 4 nitrogen and oxygen atoms in total. The van der Waals surface area contributed by atoms with Crippen molar-refractivity contribution in [3.8, 4) is 0 Å². The van der Waals surface area contributed by atoms with E-state index in [1.165, 1.54) is 17.0 Å². The van der Waals surface area contributed by atoms with Gasteiger partial charge in [0.1, 0.15) is 5.82 Å². The summed E-state index contributed by atoms with van der Waals surface area (Å²) in [6.07, 6.45) is -3.57. The summed E-state index contributed by atoms with van der Waals surface area (Å²) >= 11 is 0. The van der Waals surface area contributed by atoms with Gasteiger partial charge >= 0.3 is 12.2 Å². The third-order valence-corrected chi connectivity index (χ3v) is 4.02. The van der Waals surface area contributed by atoms with Crippen molar-refractivity contribution >= 4 is 6.03 Å². The number of likely N-dealkylation sites (tertiary alicyclic amines) is 1. The molecule has 0 saturated carbocycles. The second kappa shape index (κ2) is 7.83.